The minimum absolute atomic E-state index is 0.0668. The second-order valence-corrected chi connectivity index (χ2v) is 6.58. The molecule has 1 aromatic rings. The standard InChI is InChI=1S/C13H21NO3S/c1-13(2,3)10-8-18-11(14-10)6-9(15)7-12-16-4-5-17-12/h8-9,12,15H,4-7H2,1-3H3. The second kappa shape index (κ2) is 5.65. The Labute approximate surface area is 112 Å². The topological polar surface area (TPSA) is 51.6 Å². The van der Waals surface area contributed by atoms with Gasteiger partial charge in [-0.1, -0.05) is 20.8 Å². The summed E-state index contributed by atoms with van der Waals surface area (Å²) in [7, 11) is 0. The molecule has 18 heavy (non-hydrogen) atoms. The fourth-order valence-electron chi connectivity index (χ4n) is 1.80. The van der Waals surface area contributed by atoms with Crippen molar-refractivity contribution in [2.45, 2.75) is 51.4 Å². The van der Waals surface area contributed by atoms with Crippen molar-refractivity contribution in [3.8, 4) is 0 Å². The number of hydrogen-bond donors (Lipinski definition) is 1. The van der Waals surface area contributed by atoms with Crippen molar-refractivity contribution < 1.29 is 14.6 Å². The fraction of sp³-hybridized carbons (Fsp3) is 0.769. The predicted octanol–water partition coefficient (Wildman–Crippen LogP) is 2.11. The summed E-state index contributed by atoms with van der Waals surface area (Å²) in [6.45, 7) is 7.68. The van der Waals surface area contributed by atoms with E-state index in [9.17, 15) is 5.11 Å². The Morgan fingerprint density at radius 3 is 2.67 bits per heavy atom. The summed E-state index contributed by atoms with van der Waals surface area (Å²) in [6.07, 6.45) is 0.392. The van der Waals surface area contributed by atoms with Crippen molar-refractivity contribution in [3.63, 3.8) is 0 Å². The smallest absolute Gasteiger partial charge is 0.160 e. The van der Waals surface area contributed by atoms with Crippen LogP contribution in [0.15, 0.2) is 5.38 Å². The Morgan fingerprint density at radius 1 is 1.44 bits per heavy atom. The van der Waals surface area contributed by atoms with Gasteiger partial charge in [0.05, 0.1) is 30.0 Å². The Bertz CT molecular complexity index is 380. The zero-order chi connectivity index (χ0) is 13.2. The van der Waals surface area contributed by atoms with Crippen molar-refractivity contribution >= 4 is 11.3 Å². The molecule has 2 rings (SSSR count). The fourth-order valence-corrected chi connectivity index (χ4v) is 2.89. The predicted molar refractivity (Wildman–Crippen MR) is 70.8 cm³/mol. The summed E-state index contributed by atoms with van der Waals surface area (Å²) >= 11 is 1.61. The van der Waals surface area contributed by atoms with Gasteiger partial charge >= 0.3 is 0 Å². The van der Waals surface area contributed by atoms with E-state index in [-0.39, 0.29) is 11.7 Å². The van der Waals surface area contributed by atoms with Crippen molar-refractivity contribution in [3.05, 3.63) is 16.1 Å². The van der Waals surface area contributed by atoms with E-state index in [0.29, 0.717) is 26.1 Å². The van der Waals surface area contributed by atoms with Crippen LogP contribution in [0.5, 0.6) is 0 Å². The van der Waals surface area contributed by atoms with Gasteiger partial charge in [-0.2, -0.15) is 0 Å². The minimum Gasteiger partial charge on any atom is -0.392 e. The summed E-state index contributed by atoms with van der Waals surface area (Å²) in [4.78, 5) is 4.57. The first-order valence-electron chi connectivity index (χ1n) is 6.31. The van der Waals surface area contributed by atoms with Crippen molar-refractivity contribution in [2.24, 2.45) is 0 Å². The van der Waals surface area contributed by atoms with E-state index in [1.54, 1.807) is 11.3 Å². The lowest BCUT2D eigenvalue weighted by Crippen LogP contribution is -2.20. The SMILES string of the molecule is CC(C)(C)c1csc(CC(O)CC2OCCO2)n1. The molecule has 0 aliphatic carbocycles. The summed E-state index contributed by atoms with van der Waals surface area (Å²) in [5.74, 6) is 0. The Morgan fingerprint density at radius 2 is 2.11 bits per heavy atom. The molecule has 1 atom stereocenters. The second-order valence-electron chi connectivity index (χ2n) is 5.64. The molecule has 0 bridgehead atoms. The molecule has 1 aliphatic rings. The Balaban J connectivity index is 1.86. The Hall–Kier alpha value is -0.490. The van der Waals surface area contributed by atoms with Gasteiger partial charge in [0.2, 0.25) is 0 Å². The van der Waals surface area contributed by atoms with E-state index in [2.05, 4.69) is 31.1 Å². The molecule has 5 heteroatoms. The number of thiazole rings is 1. The third kappa shape index (κ3) is 3.75. The molecule has 1 unspecified atom stereocenters. The molecular weight excluding hydrogens is 250 g/mol. The van der Waals surface area contributed by atoms with Gasteiger partial charge < -0.3 is 14.6 Å². The molecule has 0 radical (unpaired) electrons. The van der Waals surface area contributed by atoms with Crippen LogP contribution in [0.4, 0.5) is 0 Å². The van der Waals surface area contributed by atoms with E-state index >= 15 is 0 Å². The maximum atomic E-state index is 9.98. The number of aliphatic hydroxyl groups excluding tert-OH is 1. The van der Waals surface area contributed by atoms with Crippen LogP contribution < -0.4 is 0 Å². The molecule has 0 saturated carbocycles. The zero-order valence-corrected chi connectivity index (χ0v) is 12.0. The van der Waals surface area contributed by atoms with Gasteiger partial charge in [-0.25, -0.2) is 4.98 Å². The molecule has 1 aliphatic heterocycles. The highest BCUT2D eigenvalue weighted by Crippen LogP contribution is 2.25. The molecule has 1 N–H and O–H groups in total. The van der Waals surface area contributed by atoms with Gasteiger partial charge in [-0.05, 0) is 0 Å². The third-order valence-corrected chi connectivity index (χ3v) is 3.76. The van der Waals surface area contributed by atoms with E-state index in [1.165, 1.54) is 0 Å². The van der Waals surface area contributed by atoms with E-state index in [0.717, 1.165) is 10.7 Å². The van der Waals surface area contributed by atoms with Gasteiger partial charge in [0, 0.05) is 23.6 Å². The van der Waals surface area contributed by atoms with E-state index in [4.69, 9.17) is 9.47 Å². The van der Waals surface area contributed by atoms with Crippen LogP contribution in [-0.2, 0) is 21.3 Å². The number of rotatable bonds is 4. The highest BCUT2D eigenvalue weighted by atomic mass is 32.1. The molecule has 102 valence electrons. The van der Waals surface area contributed by atoms with Crippen molar-refractivity contribution in [2.75, 3.05) is 13.2 Å². The van der Waals surface area contributed by atoms with Crippen LogP contribution in [0.2, 0.25) is 0 Å². The van der Waals surface area contributed by atoms with Crippen molar-refractivity contribution in [1.82, 2.24) is 4.98 Å². The quantitative estimate of drug-likeness (QED) is 0.911. The molecule has 1 aromatic heterocycles. The van der Waals surface area contributed by atoms with Gasteiger partial charge in [0.25, 0.3) is 0 Å². The molecule has 1 saturated heterocycles. The highest BCUT2D eigenvalue weighted by molar-refractivity contribution is 7.09. The first-order chi connectivity index (χ1) is 8.45. The highest BCUT2D eigenvalue weighted by Gasteiger charge is 2.22. The van der Waals surface area contributed by atoms with Gasteiger partial charge in [0.1, 0.15) is 0 Å². The van der Waals surface area contributed by atoms with Crippen LogP contribution in [0.1, 0.15) is 37.9 Å². The molecule has 0 amide bonds. The maximum absolute atomic E-state index is 9.98. The lowest BCUT2D eigenvalue weighted by molar-refractivity contribution is -0.0698. The van der Waals surface area contributed by atoms with Gasteiger partial charge in [-0.3, -0.25) is 0 Å². The molecule has 0 aromatic carbocycles. The first kappa shape index (κ1) is 13.9. The summed E-state index contributed by atoms with van der Waals surface area (Å²) in [6, 6.07) is 0. The molecule has 4 nitrogen and oxygen atoms in total. The lowest BCUT2D eigenvalue weighted by Gasteiger charge is -2.15. The maximum Gasteiger partial charge on any atom is 0.160 e. The van der Waals surface area contributed by atoms with Crippen LogP contribution in [0.3, 0.4) is 0 Å². The van der Waals surface area contributed by atoms with Crippen LogP contribution in [0, 0.1) is 0 Å². The monoisotopic (exact) mass is 271 g/mol. The number of hydrogen-bond acceptors (Lipinski definition) is 5. The molecule has 2 heterocycles. The van der Waals surface area contributed by atoms with E-state index in [1.807, 2.05) is 0 Å². The number of aliphatic hydroxyl groups is 1. The minimum atomic E-state index is -0.452. The molecule has 0 spiro atoms. The Kier molecular flexibility index (Phi) is 4.37. The average Bonchev–Trinajstić information content (AvgIpc) is 2.87. The average molecular weight is 271 g/mol. The number of ether oxygens (including phenoxy) is 2. The first-order valence-corrected chi connectivity index (χ1v) is 7.19. The number of nitrogens with zero attached hydrogens (tertiary/aromatic N) is 1. The summed E-state index contributed by atoms with van der Waals surface area (Å²) in [5.41, 5.74) is 1.15. The molecular formula is C13H21NO3S. The van der Waals surface area contributed by atoms with Crippen LogP contribution in [0.25, 0.3) is 0 Å². The van der Waals surface area contributed by atoms with Gasteiger partial charge in [0.15, 0.2) is 6.29 Å². The van der Waals surface area contributed by atoms with Crippen LogP contribution in [-0.4, -0.2) is 35.7 Å². The van der Waals surface area contributed by atoms with Crippen molar-refractivity contribution in [1.29, 1.82) is 0 Å². The molecule has 1 fully saturated rings. The third-order valence-electron chi connectivity index (χ3n) is 2.89. The number of aromatic nitrogens is 1. The summed E-state index contributed by atoms with van der Waals surface area (Å²) < 4.78 is 10.6. The van der Waals surface area contributed by atoms with E-state index < -0.39 is 6.10 Å². The van der Waals surface area contributed by atoms with Gasteiger partial charge in [-0.15, -0.1) is 11.3 Å². The largest absolute Gasteiger partial charge is 0.392 e. The lowest BCUT2D eigenvalue weighted by atomic mass is 9.93. The normalized spacial score (nSPS) is 19.3. The zero-order valence-electron chi connectivity index (χ0n) is 11.2. The van der Waals surface area contributed by atoms with Crippen LogP contribution >= 0.6 is 11.3 Å². The summed E-state index contributed by atoms with van der Waals surface area (Å²) in [5, 5.41) is 13.0.